The summed E-state index contributed by atoms with van der Waals surface area (Å²) >= 11 is 5.91. The van der Waals surface area contributed by atoms with Gasteiger partial charge in [0.1, 0.15) is 21.9 Å². The van der Waals surface area contributed by atoms with Crippen LogP contribution in [0.5, 0.6) is 0 Å². The van der Waals surface area contributed by atoms with Crippen LogP contribution in [0.2, 0.25) is 0 Å². The van der Waals surface area contributed by atoms with Gasteiger partial charge in [-0.1, -0.05) is 36.1 Å². The van der Waals surface area contributed by atoms with E-state index >= 15 is 0 Å². The standard InChI is InChI=1S/C20H14F3NO6S2/c21-20(22,23)11-3-1-2-10(8-11)14-6-4-12(30-14)9-15-17(27)24(19(31)32-15)13(18(28)29)5-7-16(25)26/h1-4,6,8-9,13H,5,7H2,(H,25,26)(H,28,29)/b15-9-/t13-/m1/s1. The number of amides is 1. The zero-order valence-electron chi connectivity index (χ0n) is 16.0. The van der Waals surface area contributed by atoms with E-state index in [0.29, 0.717) is 0 Å². The number of rotatable bonds is 7. The van der Waals surface area contributed by atoms with Crippen LogP contribution in [-0.2, 0) is 20.6 Å². The van der Waals surface area contributed by atoms with Crippen molar-refractivity contribution in [2.24, 2.45) is 0 Å². The second kappa shape index (κ2) is 9.17. The van der Waals surface area contributed by atoms with Crippen molar-refractivity contribution in [1.29, 1.82) is 0 Å². The lowest BCUT2D eigenvalue weighted by atomic mass is 10.1. The molecule has 0 bridgehead atoms. The van der Waals surface area contributed by atoms with Crippen LogP contribution in [0.3, 0.4) is 0 Å². The van der Waals surface area contributed by atoms with Crippen molar-refractivity contribution in [2.75, 3.05) is 0 Å². The monoisotopic (exact) mass is 485 g/mol. The minimum atomic E-state index is -4.51. The summed E-state index contributed by atoms with van der Waals surface area (Å²) in [5, 5.41) is 18.2. The molecule has 32 heavy (non-hydrogen) atoms. The normalized spacial score (nSPS) is 16.6. The number of furan rings is 1. The number of nitrogens with zero attached hydrogens (tertiary/aromatic N) is 1. The predicted octanol–water partition coefficient (Wildman–Crippen LogP) is 4.48. The van der Waals surface area contributed by atoms with Crippen molar-refractivity contribution < 1.29 is 42.2 Å². The van der Waals surface area contributed by atoms with Gasteiger partial charge in [-0.05, 0) is 30.7 Å². The zero-order chi connectivity index (χ0) is 23.6. The van der Waals surface area contributed by atoms with Crippen LogP contribution in [0.25, 0.3) is 17.4 Å². The van der Waals surface area contributed by atoms with E-state index in [0.717, 1.165) is 28.8 Å². The van der Waals surface area contributed by atoms with Gasteiger partial charge in [0.2, 0.25) is 0 Å². The Morgan fingerprint density at radius 3 is 2.56 bits per heavy atom. The molecule has 12 heteroatoms. The molecule has 7 nitrogen and oxygen atoms in total. The fourth-order valence-corrected chi connectivity index (χ4v) is 4.27. The Kier molecular flexibility index (Phi) is 6.74. The summed E-state index contributed by atoms with van der Waals surface area (Å²) in [5.74, 6) is -3.04. The summed E-state index contributed by atoms with van der Waals surface area (Å²) in [6, 6.07) is 5.99. The van der Waals surface area contributed by atoms with E-state index in [2.05, 4.69) is 0 Å². The molecule has 3 rings (SSSR count). The van der Waals surface area contributed by atoms with Gasteiger partial charge >= 0.3 is 18.1 Å². The van der Waals surface area contributed by atoms with Crippen LogP contribution in [0.4, 0.5) is 13.2 Å². The molecule has 1 aromatic carbocycles. The lowest BCUT2D eigenvalue weighted by Crippen LogP contribution is -2.44. The Labute approximate surface area is 188 Å². The first kappa shape index (κ1) is 23.5. The molecule has 0 saturated carbocycles. The van der Waals surface area contributed by atoms with Gasteiger partial charge < -0.3 is 14.6 Å². The highest BCUT2D eigenvalue weighted by Gasteiger charge is 2.40. The predicted molar refractivity (Wildman–Crippen MR) is 112 cm³/mol. The number of carboxylic acids is 2. The van der Waals surface area contributed by atoms with Crippen LogP contribution >= 0.6 is 24.0 Å². The van der Waals surface area contributed by atoms with E-state index in [1.165, 1.54) is 30.3 Å². The van der Waals surface area contributed by atoms with Crippen LogP contribution in [0.1, 0.15) is 24.2 Å². The maximum Gasteiger partial charge on any atom is 0.416 e. The Balaban J connectivity index is 1.84. The summed E-state index contributed by atoms with van der Waals surface area (Å²) in [4.78, 5) is 35.9. The van der Waals surface area contributed by atoms with Crippen molar-refractivity contribution in [3.8, 4) is 11.3 Å². The number of thiocarbonyl (C=S) groups is 1. The Bertz CT molecular complexity index is 1120. The molecule has 0 unspecified atom stereocenters. The molecule has 0 aliphatic carbocycles. The summed E-state index contributed by atoms with van der Waals surface area (Å²) < 4.78 is 44.3. The third-order valence-corrected chi connectivity index (χ3v) is 5.76. The fraction of sp³-hybridized carbons (Fsp3) is 0.200. The number of halogens is 3. The number of benzene rings is 1. The first-order valence-corrected chi connectivity index (χ1v) is 10.2. The highest BCUT2D eigenvalue weighted by Crippen LogP contribution is 2.36. The summed E-state index contributed by atoms with van der Waals surface area (Å²) in [6.07, 6.45) is -4.01. The van der Waals surface area contributed by atoms with E-state index in [1.54, 1.807) is 0 Å². The average molecular weight is 485 g/mol. The highest BCUT2D eigenvalue weighted by molar-refractivity contribution is 8.26. The summed E-state index contributed by atoms with van der Waals surface area (Å²) in [6.45, 7) is 0. The van der Waals surface area contributed by atoms with Gasteiger partial charge in [0.15, 0.2) is 0 Å². The van der Waals surface area contributed by atoms with Crippen molar-refractivity contribution in [2.45, 2.75) is 25.1 Å². The SMILES string of the molecule is O=C(O)CC[C@H](C(=O)O)N1C(=O)/C(=C/c2ccc(-c3cccc(C(F)(F)F)c3)o2)SC1=S. The van der Waals surface area contributed by atoms with E-state index in [4.69, 9.17) is 21.7 Å². The van der Waals surface area contributed by atoms with E-state index in [-0.39, 0.29) is 32.7 Å². The van der Waals surface area contributed by atoms with E-state index in [1.807, 2.05) is 0 Å². The topological polar surface area (TPSA) is 108 Å². The maximum atomic E-state index is 12.9. The van der Waals surface area contributed by atoms with Gasteiger partial charge in [0.25, 0.3) is 5.91 Å². The molecule has 1 aromatic heterocycles. The number of hydrogen-bond donors (Lipinski definition) is 2. The van der Waals surface area contributed by atoms with Gasteiger partial charge in [-0.3, -0.25) is 14.5 Å². The third-order valence-electron chi connectivity index (χ3n) is 4.43. The van der Waals surface area contributed by atoms with Crippen molar-refractivity contribution in [3.63, 3.8) is 0 Å². The van der Waals surface area contributed by atoms with Gasteiger partial charge in [0, 0.05) is 18.1 Å². The number of thioether (sulfide) groups is 1. The summed E-state index contributed by atoms with van der Waals surface area (Å²) in [7, 11) is 0. The zero-order valence-corrected chi connectivity index (χ0v) is 17.6. The number of carboxylic acid groups (broad SMARTS) is 2. The second-order valence-electron chi connectivity index (χ2n) is 6.62. The van der Waals surface area contributed by atoms with Crippen molar-refractivity contribution in [3.05, 3.63) is 52.6 Å². The van der Waals surface area contributed by atoms with Crippen LogP contribution in [-0.4, -0.2) is 43.3 Å². The van der Waals surface area contributed by atoms with Gasteiger partial charge in [-0.15, -0.1) is 0 Å². The highest BCUT2D eigenvalue weighted by atomic mass is 32.2. The van der Waals surface area contributed by atoms with Crippen LogP contribution < -0.4 is 0 Å². The number of alkyl halides is 3. The van der Waals surface area contributed by atoms with Gasteiger partial charge in [-0.25, -0.2) is 4.79 Å². The summed E-state index contributed by atoms with van der Waals surface area (Å²) in [5.41, 5.74) is -0.651. The first-order chi connectivity index (χ1) is 15.0. The average Bonchev–Trinajstić information content (AvgIpc) is 3.27. The van der Waals surface area contributed by atoms with Crippen LogP contribution in [0.15, 0.2) is 45.7 Å². The quantitative estimate of drug-likeness (QED) is 0.437. The molecular weight excluding hydrogens is 471 g/mol. The number of hydrogen-bond acceptors (Lipinski definition) is 6. The molecule has 1 atom stereocenters. The Morgan fingerprint density at radius 2 is 1.94 bits per heavy atom. The molecule has 2 heterocycles. The second-order valence-corrected chi connectivity index (χ2v) is 8.29. The molecule has 1 aliphatic heterocycles. The van der Waals surface area contributed by atoms with E-state index < -0.39 is 42.0 Å². The Hall–Kier alpha value is -3.12. The number of aliphatic carboxylic acids is 2. The molecule has 168 valence electrons. The lowest BCUT2D eigenvalue weighted by Gasteiger charge is -2.22. The largest absolute Gasteiger partial charge is 0.481 e. The molecule has 1 aliphatic rings. The van der Waals surface area contributed by atoms with E-state index in [9.17, 15) is 32.7 Å². The molecule has 0 spiro atoms. The minimum absolute atomic E-state index is 0.0431. The molecule has 2 aromatic rings. The molecule has 1 saturated heterocycles. The van der Waals surface area contributed by atoms with Gasteiger partial charge in [-0.2, -0.15) is 13.2 Å². The first-order valence-electron chi connectivity index (χ1n) is 8.96. The molecule has 1 amide bonds. The number of carbonyl (C=O) groups is 3. The smallest absolute Gasteiger partial charge is 0.416 e. The minimum Gasteiger partial charge on any atom is -0.481 e. The van der Waals surface area contributed by atoms with Crippen LogP contribution in [0, 0.1) is 0 Å². The molecule has 2 N–H and O–H groups in total. The molecule has 1 fully saturated rings. The lowest BCUT2D eigenvalue weighted by molar-refractivity contribution is -0.146. The number of carbonyl (C=O) groups excluding carboxylic acids is 1. The van der Waals surface area contributed by atoms with Crippen molar-refractivity contribution >= 4 is 52.2 Å². The maximum absolute atomic E-state index is 12.9. The third kappa shape index (κ3) is 5.19. The fourth-order valence-electron chi connectivity index (χ4n) is 2.94. The van der Waals surface area contributed by atoms with Crippen molar-refractivity contribution in [1.82, 2.24) is 4.90 Å². The Morgan fingerprint density at radius 1 is 1.22 bits per heavy atom. The molecule has 0 radical (unpaired) electrons. The molecular formula is C20H14F3NO6S2. The van der Waals surface area contributed by atoms with Gasteiger partial charge in [0.05, 0.1) is 10.5 Å².